The van der Waals surface area contributed by atoms with Gasteiger partial charge in [-0.1, -0.05) is 30.3 Å². The van der Waals surface area contributed by atoms with E-state index in [1.165, 1.54) is 0 Å². The number of fused-ring (bicyclic) bond motifs is 1. The van der Waals surface area contributed by atoms with Gasteiger partial charge in [0, 0.05) is 12.2 Å². The first-order chi connectivity index (χ1) is 9.75. The third kappa shape index (κ3) is 2.28. The molecule has 20 heavy (non-hydrogen) atoms. The van der Waals surface area contributed by atoms with Gasteiger partial charge in [-0.2, -0.15) is 0 Å². The number of carbonyl (C=O) groups excluding carboxylic acids is 2. The lowest BCUT2D eigenvalue weighted by Crippen LogP contribution is -2.37. The van der Waals surface area contributed by atoms with Gasteiger partial charge in [-0.25, -0.2) is 0 Å². The highest BCUT2D eigenvalue weighted by atomic mass is 16.5. The third-order valence-electron chi connectivity index (χ3n) is 3.25. The first kappa shape index (κ1) is 12.4. The number of benzene rings is 2. The Balaban J connectivity index is 1.78. The molecule has 2 aromatic rings. The number of Topliss-reactive ketones (excluding diaryl/α,β-unsaturated/α-hetero) is 1. The maximum atomic E-state index is 12.3. The molecule has 1 N–H and O–H groups in total. The standard InChI is InChI=1S/C16H13NO3/c18-15-12-8-4-5-9-14(12)20-16(19)13(15)10-17-11-6-2-1-3-7-11/h1-9,13,17H,10H2. The van der Waals surface area contributed by atoms with Gasteiger partial charge in [-0.05, 0) is 24.3 Å². The van der Waals surface area contributed by atoms with E-state index < -0.39 is 11.9 Å². The Morgan fingerprint density at radius 1 is 0.950 bits per heavy atom. The van der Waals surface area contributed by atoms with Crippen molar-refractivity contribution in [1.82, 2.24) is 0 Å². The molecule has 1 aliphatic rings. The Morgan fingerprint density at radius 2 is 1.65 bits per heavy atom. The summed E-state index contributed by atoms with van der Waals surface area (Å²) in [5, 5.41) is 3.08. The molecule has 0 amide bonds. The van der Waals surface area contributed by atoms with E-state index in [1.54, 1.807) is 24.3 Å². The highest BCUT2D eigenvalue weighted by Crippen LogP contribution is 2.27. The van der Waals surface area contributed by atoms with Crippen LogP contribution in [0.5, 0.6) is 5.75 Å². The summed E-state index contributed by atoms with van der Waals surface area (Å²) in [6, 6.07) is 16.3. The molecule has 0 spiro atoms. The first-order valence-electron chi connectivity index (χ1n) is 6.39. The van der Waals surface area contributed by atoms with Crippen LogP contribution >= 0.6 is 0 Å². The van der Waals surface area contributed by atoms with Gasteiger partial charge in [0.05, 0.1) is 5.56 Å². The number of para-hydroxylation sites is 2. The summed E-state index contributed by atoms with van der Waals surface area (Å²) in [6.07, 6.45) is 0. The zero-order chi connectivity index (χ0) is 13.9. The van der Waals surface area contributed by atoms with E-state index in [4.69, 9.17) is 4.74 Å². The topological polar surface area (TPSA) is 55.4 Å². The Hall–Kier alpha value is -2.62. The molecule has 0 aromatic heterocycles. The largest absolute Gasteiger partial charge is 0.425 e. The predicted molar refractivity (Wildman–Crippen MR) is 74.8 cm³/mol. The van der Waals surface area contributed by atoms with E-state index in [2.05, 4.69) is 5.32 Å². The summed E-state index contributed by atoms with van der Waals surface area (Å²) >= 11 is 0. The van der Waals surface area contributed by atoms with E-state index in [0.29, 0.717) is 11.3 Å². The number of esters is 1. The molecule has 0 saturated carbocycles. The van der Waals surface area contributed by atoms with Crippen LogP contribution in [0.1, 0.15) is 10.4 Å². The van der Waals surface area contributed by atoms with Crippen LogP contribution in [0.25, 0.3) is 0 Å². The Kier molecular flexibility index (Phi) is 3.21. The van der Waals surface area contributed by atoms with Crippen molar-refractivity contribution < 1.29 is 14.3 Å². The molecule has 0 radical (unpaired) electrons. The summed E-state index contributed by atoms with van der Waals surface area (Å²) < 4.78 is 5.20. The lowest BCUT2D eigenvalue weighted by molar-refractivity contribution is -0.137. The van der Waals surface area contributed by atoms with Crippen molar-refractivity contribution in [3.8, 4) is 5.75 Å². The zero-order valence-corrected chi connectivity index (χ0v) is 10.7. The van der Waals surface area contributed by atoms with Crippen molar-refractivity contribution in [2.45, 2.75) is 0 Å². The molecular weight excluding hydrogens is 254 g/mol. The molecule has 2 aromatic carbocycles. The first-order valence-corrected chi connectivity index (χ1v) is 6.39. The number of rotatable bonds is 3. The molecule has 4 nitrogen and oxygen atoms in total. The number of nitrogens with one attached hydrogen (secondary N) is 1. The van der Waals surface area contributed by atoms with Gasteiger partial charge >= 0.3 is 5.97 Å². The van der Waals surface area contributed by atoms with Crippen molar-refractivity contribution in [2.24, 2.45) is 5.92 Å². The number of ether oxygens (including phenoxy) is 1. The number of anilines is 1. The van der Waals surface area contributed by atoms with Crippen molar-refractivity contribution in [3.05, 3.63) is 60.2 Å². The van der Waals surface area contributed by atoms with Gasteiger partial charge in [0.2, 0.25) is 0 Å². The fourth-order valence-corrected chi connectivity index (χ4v) is 2.19. The van der Waals surface area contributed by atoms with Gasteiger partial charge in [0.15, 0.2) is 5.78 Å². The Morgan fingerprint density at radius 3 is 2.45 bits per heavy atom. The fraction of sp³-hybridized carbons (Fsp3) is 0.125. The lowest BCUT2D eigenvalue weighted by Gasteiger charge is -2.22. The third-order valence-corrected chi connectivity index (χ3v) is 3.25. The van der Waals surface area contributed by atoms with Crippen LogP contribution in [0.2, 0.25) is 0 Å². The smallest absolute Gasteiger partial charge is 0.324 e. The van der Waals surface area contributed by atoms with Crippen molar-refractivity contribution in [3.63, 3.8) is 0 Å². The van der Waals surface area contributed by atoms with Crippen LogP contribution in [-0.4, -0.2) is 18.3 Å². The van der Waals surface area contributed by atoms with E-state index in [9.17, 15) is 9.59 Å². The van der Waals surface area contributed by atoms with E-state index in [0.717, 1.165) is 5.69 Å². The average Bonchev–Trinajstić information content (AvgIpc) is 2.48. The molecule has 1 heterocycles. The molecular formula is C16H13NO3. The summed E-state index contributed by atoms with van der Waals surface area (Å²) in [4.78, 5) is 24.2. The number of hydrogen-bond acceptors (Lipinski definition) is 4. The van der Waals surface area contributed by atoms with Gasteiger partial charge in [0.25, 0.3) is 0 Å². The van der Waals surface area contributed by atoms with Gasteiger partial charge in [-0.15, -0.1) is 0 Å². The molecule has 0 fully saturated rings. The average molecular weight is 267 g/mol. The maximum Gasteiger partial charge on any atom is 0.324 e. The van der Waals surface area contributed by atoms with Crippen LogP contribution in [0, 0.1) is 5.92 Å². The maximum absolute atomic E-state index is 12.3. The summed E-state index contributed by atoms with van der Waals surface area (Å²) in [5.41, 5.74) is 1.33. The van der Waals surface area contributed by atoms with Crippen molar-refractivity contribution >= 4 is 17.4 Å². The van der Waals surface area contributed by atoms with E-state index in [-0.39, 0.29) is 12.3 Å². The molecule has 1 aliphatic heterocycles. The normalized spacial score (nSPS) is 17.3. The minimum absolute atomic E-state index is 0.194. The van der Waals surface area contributed by atoms with Crippen LogP contribution in [-0.2, 0) is 4.79 Å². The van der Waals surface area contributed by atoms with Crippen LogP contribution < -0.4 is 10.1 Å². The SMILES string of the molecule is O=C1Oc2ccccc2C(=O)C1CNc1ccccc1. The van der Waals surface area contributed by atoms with Gasteiger partial charge in [-0.3, -0.25) is 9.59 Å². The highest BCUT2D eigenvalue weighted by Gasteiger charge is 2.35. The molecule has 0 aliphatic carbocycles. The number of hydrogen-bond donors (Lipinski definition) is 1. The van der Waals surface area contributed by atoms with Crippen molar-refractivity contribution in [2.75, 3.05) is 11.9 Å². The monoisotopic (exact) mass is 267 g/mol. The van der Waals surface area contributed by atoms with E-state index >= 15 is 0 Å². The Bertz CT molecular complexity index is 652. The highest BCUT2D eigenvalue weighted by molar-refractivity contribution is 6.13. The summed E-state index contributed by atoms with van der Waals surface area (Å²) in [5.74, 6) is -1.15. The second-order valence-electron chi connectivity index (χ2n) is 4.58. The quantitative estimate of drug-likeness (QED) is 0.527. The Labute approximate surface area is 116 Å². The minimum Gasteiger partial charge on any atom is -0.425 e. The second-order valence-corrected chi connectivity index (χ2v) is 4.58. The second kappa shape index (κ2) is 5.17. The predicted octanol–water partition coefficient (Wildman–Crippen LogP) is 2.52. The van der Waals surface area contributed by atoms with E-state index in [1.807, 2.05) is 30.3 Å². The molecule has 1 unspecified atom stereocenters. The van der Waals surface area contributed by atoms with Crippen molar-refractivity contribution in [1.29, 1.82) is 0 Å². The molecule has 1 atom stereocenters. The zero-order valence-electron chi connectivity index (χ0n) is 10.7. The minimum atomic E-state index is -0.801. The lowest BCUT2D eigenvalue weighted by atomic mass is 9.94. The molecule has 100 valence electrons. The summed E-state index contributed by atoms with van der Waals surface area (Å²) in [7, 11) is 0. The molecule has 0 saturated heterocycles. The molecule has 0 bridgehead atoms. The van der Waals surface area contributed by atoms with Crippen LogP contribution in [0.4, 0.5) is 5.69 Å². The van der Waals surface area contributed by atoms with Crippen LogP contribution in [0.15, 0.2) is 54.6 Å². The van der Waals surface area contributed by atoms with Gasteiger partial charge < -0.3 is 10.1 Å². The fourth-order valence-electron chi connectivity index (χ4n) is 2.19. The summed E-state index contributed by atoms with van der Waals surface area (Å²) in [6.45, 7) is 0.232. The number of ketones is 1. The molecule has 3 rings (SSSR count). The van der Waals surface area contributed by atoms with Gasteiger partial charge in [0.1, 0.15) is 11.7 Å². The van der Waals surface area contributed by atoms with Crippen LogP contribution in [0.3, 0.4) is 0 Å². The molecule has 4 heteroatoms. The number of carbonyl (C=O) groups is 2.